The number of halogens is 3. The molecule has 0 aliphatic heterocycles. The lowest BCUT2D eigenvalue weighted by Crippen LogP contribution is -2.41. The number of phenols is 2. The Balaban J connectivity index is 3.11. The number of hydrogen-bond acceptors (Lipinski definition) is 2. The molecule has 0 aliphatic carbocycles. The molecule has 0 unspecified atom stereocenters. The number of phenolic OH excluding ortho intramolecular Hbond substituents is 2. The van der Waals surface area contributed by atoms with E-state index in [9.17, 15) is 10.2 Å². The molecule has 0 aliphatic rings. The molecule has 2 N–H and O–H groups in total. The highest BCUT2D eigenvalue weighted by atomic mass is 19.4. The molecule has 0 saturated carbocycles. The summed E-state index contributed by atoms with van der Waals surface area (Å²) in [4.78, 5) is 0. The Bertz CT molecular complexity index is 1010. The van der Waals surface area contributed by atoms with E-state index in [2.05, 4.69) is 0 Å². The van der Waals surface area contributed by atoms with E-state index < -0.39 is 22.4 Å². The summed E-state index contributed by atoms with van der Waals surface area (Å²) in [7, 11) is 0. The van der Waals surface area contributed by atoms with Gasteiger partial charge in [-0.2, -0.15) is 13.2 Å². The van der Waals surface area contributed by atoms with Crippen molar-refractivity contribution >= 4 is 0 Å². The van der Waals surface area contributed by atoms with E-state index >= 15 is 13.2 Å². The summed E-state index contributed by atoms with van der Waals surface area (Å²) in [5.41, 5.74) is -1.08. The molecule has 0 fully saturated rings. The quantitative estimate of drug-likeness (QED) is 0.374. The van der Waals surface area contributed by atoms with Crippen LogP contribution >= 0.6 is 0 Å². The third-order valence-corrected chi connectivity index (χ3v) is 8.47. The fourth-order valence-electron chi connectivity index (χ4n) is 4.68. The van der Waals surface area contributed by atoms with Crippen LogP contribution in [0.2, 0.25) is 0 Å². The molecule has 2 nitrogen and oxygen atoms in total. The van der Waals surface area contributed by atoms with Gasteiger partial charge >= 0.3 is 6.18 Å². The first kappa shape index (κ1) is 30.1. The van der Waals surface area contributed by atoms with Crippen LogP contribution in [0.1, 0.15) is 134 Å². The van der Waals surface area contributed by atoms with E-state index in [1.807, 2.05) is 69.2 Å². The average molecular weight is 507 g/mol. The number of rotatable bonds is 8. The summed E-state index contributed by atoms with van der Waals surface area (Å²) in [5, 5.41) is 22.2. The first-order chi connectivity index (χ1) is 16.3. The van der Waals surface area contributed by atoms with Crippen LogP contribution in [0.25, 0.3) is 0 Å². The molecular formula is C31H45F3O2. The van der Waals surface area contributed by atoms with Gasteiger partial charge in [-0.3, -0.25) is 0 Å². The molecular weight excluding hydrogens is 461 g/mol. The second kappa shape index (κ2) is 9.95. The summed E-state index contributed by atoms with van der Waals surface area (Å²) in [5.74, 6) is -0.165. The van der Waals surface area contributed by atoms with Crippen LogP contribution in [0.5, 0.6) is 11.5 Å². The van der Waals surface area contributed by atoms with Crippen molar-refractivity contribution in [1.82, 2.24) is 0 Å². The van der Waals surface area contributed by atoms with Crippen molar-refractivity contribution in [2.45, 2.75) is 123 Å². The molecule has 0 aromatic heterocycles. The fourth-order valence-corrected chi connectivity index (χ4v) is 4.68. The summed E-state index contributed by atoms with van der Waals surface area (Å²) in [6.45, 7) is 20.5. The van der Waals surface area contributed by atoms with Gasteiger partial charge in [0.15, 0.2) is 0 Å². The molecule has 0 heterocycles. The van der Waals surface area contributed by atoms with Crippen LogP contribution in [-0.2, 0) is 16.2 Å². The molecule has 0 amide bonds. The van der Waals surface area contributed by atoms with Gasteiger partial charge in [0.1, 0.15) is 16.9 Å². The minimum absolute atomic E-state index is 0.0755. The Hall–Kier alpha value is -2.17. The molecule has 2 aromatic rings. The Morgan fingerprint density at radius 2 is 0.944 bits per heavy atom. The van der Waals surface area contributed by atoms with E-state index in [0.717, 1.165) is 0 Å². The molecule has 0 radical (unpaired) electrons. The van der Waals surface area contributed by atoms with E-state index in [4.69, 9.17) is 0 Å². The molecule has 0 atom stereocenters. The van der Waals surface area contributed by atoms with Gasteiger partial charge in [-0.1, -0.05) is 93.5 Å². The van der Waals surface area contributed by atoms with Crippen molar-refractivity contribution in [2.24, 2.45) is 0 Å². The molecule has 0 saturated heterocycles. The zero-order valence-corrected chi connectivity index (χ0v) is 23.9. The average Bonchev–Trinajstić information content (AvgIpc) is 2.77. The lowest BCUT2D eigenvalue weighted by molar-refractivity contribution is -0.173. The lowest BCUT2D eigenvalue weighted by Gasteiger charge is -2.38. The van der Waals surface area contributed by atoms with Gasteiger partial charge in [0.25, 0.3) is 0 Å². The van der Waals surface area contributed by atoms with E-state index in [-0.39, 0.29) is 34.5 Å². The highest BCUT2D eigenvalue weighted by Gasteiger charge is 2.54. The third-order valence-electron chi connectivity index (χ3n) is 8.47. The minimum Gasteiger partial charge on any atom is -0.507 e. The minimum atomic E-state index is -4.62. The smallest absolute Gasteiger partial charge is 0.402 e. The predicted octanol–water partition coefficient (Wildman–Crippen LogP) is 9.59. The topological polar surface area (TPSA) is 40.5 Å². The van der Waals surface area contributed by atoms with Crippen LogP contribution in [-0.4, -0.2) is 16.4 Å². The summed E-state index contributed by atoms with van der Waals surface area (Å²) in [6.07, 6.45) is -3.30. The van der Waals surface area contributed by atoms with E-state index in [0.29, 0.717) is 35.1 Å². The van der Waals surface area contributed by atoms with Crippen LogP contribution < -0.4 is 0 Å². The number of benzene rings is 2. The SMILES string of the molecule is CCC(C)(C)c1cc(C(C)(c2cc(C(C)C)c(O)c(C(C)(C)CC)c2)C(F)(F)F)cc(C(C)C)c1O. The molecule has 36 heavy (non-hydrogen) atoms. The highest BCUT2D eigenvalue weighted by Crippen LogP contribution is 2.52. The van der Waals surface area contributed by atoms with E-state index in [1.54, 1.807) is 12.1 Å². The molecule has 2 aromatic carbocycles. The van der Waals surface area contributed by atoms with Crippen molar-refractivity contribution in [3.05, 3.63) is 57.6 Å². The standard InChI is InChI=1S/C31H45F3O2/c1-12-28(7,8)24-16-20(14-22(18(3)4)26(24)35)30(11,31(32,33)34)21-15-23(19(5)6)27(36)25(17-21)29(9,10)13-2/h14-19,35-36H,12-13H2,1-11H3. The molecule has 5 heteroatoms. The second-order valence-corrected chi connectivity index (χ2v) is 12.3. The van der Waals surface area contributed by atoms with Gasteiger partial charge in [-0.05, 0) is 64.7 Å². The maximum Gasteiger partial charge on any atom is 0.402 e. The Labute approximate surface area is 216 Å². The van der Waals surface area contributed by atoms with Crippen LogP contribution in [0.3, 0.4) is 0 Å². The van der Waals surface area contributed by atoms with Gasteiger partial charge in [0.2, 0.25) is 0 Å². The zero-order chi connectivity index (χ0) is 28.0. The normalized spacial score (nSPS) is 13.7. The summed E-state index contributed by atoms with van der Waals surface area (Å²) >= 11 is 0. The van der Waals surface area contributed by atoms with Crippen LogP contribution in [0.4, 0.5) is 13.2 Å². The van der Waals surface area contributed by atoms with Crippen molar-refractivity contribution in [3.8, 4) is 11.5 Å². The van der Waals surface area contributed by atoms with Crippen molar-refractivity contribution < 1.29 is 23.4 Å². The van der Waals surface area contributed by atoms with Crippen molar-refractivity contribution in [3.63, 3.8) is 0 Å². The summed E-state index contributed by atoms with van der Waals surface area (Å²) in [6, 6.07) is 6.14. The largest absolute Gasteiger partial charge is 0.507 e. The van der Waals surface area contributed by atoms with Gasteiger partial charge in [0.05, 0.1) is 0 Å². The molecule has 202 valence electrons. The lowest BCUT2D eigenvalue weighted by atomic mass is 9.69. The maximum atomic E-state index is 15.2. The van der Waals surface area contributed by atoms with Crippen molar-refractivity contribution in [2.75, 3.05) is 0 Å². The van der Waals surface area contributed by atoms with Gasteiger partial charge < -0.3 is 10.2 Å². The third kappa shape index (κ3) is 5.13. The predicted molar refractivity (Wildman–Crippen MR) is 144 cm³/mol. The monoisotopic (exact) mass is 506 g/mol. The Kier molecular flexibility index (Phi) is 8.30. The summed E-state index contributed by atoms with van der Waals surface area (Å²) < 4.78 is 45.7. The molecule has 0 spiro atoms. The molecule has 0 bridgehead atoms. The first-order valence-corrected chi connectivity index (χ1v) is 13.1. The number of aromatic hydroxyl groups is 2. The van der Waals surface area contributed by atoms with Crippen LogP contribution in [0, 0.1) is 0 Å². The van der Waals surface area contributed by atoms with Crippen LogP contribution in [0.15, 0.2) is 24.3 Å². The highest BCUT2D eigenvalue weighted by molar-refractivity contribution is 5.57. The van der Waals surface area contributed by atoms with E-state index in [1.165, 1.54) is 19.1 Å². The zero-order valence-electron chi connectivity index (χ0n) is 23.9. The van der Waals surface area contributed by atoms with Gasteiger partial charge in [-0.15, -0.1) is 0 Å². The Morgan fingerprint density at radius 3 is 1.17 bits per heavy atom. The Morgan fingerprint density at radius 1 is 0.639 bits per heavy atom. The first-order valence-electron chi connectivity index (χ1n) is 13.1. The van der Waals surface area contributed by atoms with Gasteiger partial charge in [0, 0.05) is 11.1 Å². The van der Waals surface area contributed by atoms with Crippen molar-refractivity contribution in [1.29, 1.82) is 0 Å². The van der Waals surface area contributed by atoms with Gasteiger partial charge in [-0.25, -0.2) is 0 Å². The number of hydrogen-bond donors (Lipinski definition) is 2. The fraction of sp³-hybridized carbons (Fsp3) is 0.613. The maximum absolute atomic E-state index is 15.2. The second-order valence-electron chi connectivity index (χ2n) is 12.3. The molecule has 2 rings (SSSR count). The number of alkyl halides is 3.